The van der Waals surface area contributed by atoms with Gasteiger partial charge in [-0.25, -0.2) is 0 Å². The van der Waals surface area contributed by atoms with E-state index in [9.17, 15) is 0 Å². The van der Waals surface area contributed by atoms with Crippen LogP contribution in [0, 0.1) is 12.8 Å². The summed E-state index contributed by atoms with van der Waals surface area (Å²) >= 11 is 0. The van der Waals surface area contributed by atoms with Gasteiger partial charge in [-0.3, -0.25) is 0 Å². The highest BCUT2D eigenvalue weighted by Gasteiger charge is 2.20. The maximum absolute atomic E-state index is 3.99. The summed E-state index contributed by atoms with van der Waals surface area (Å²) in [7, 11) is 0. The lowest BCUT2D eigenvalue weighted by Gasteiger charge is -2.13. The molecule has 1 N–H and O–H groups in total. The zero-order valence-electron chi connectivity index (χ0n) is 7.06. The van der Waals surface area contributed by atoms with Crippen molar-refractivity contribution in [3.8, 4) is 0 Å². The van der Waals surface area contributed by atoms with Crippen LogP contribution in [-0.4, -0.2) is 12.1 Å². The number of nitrogens with one attached hydrogen (secondary N) is 1. The predicted molar refractivity (Wildman–Crippen MR) is 44.8 cm³/mol. The summed E-state index contributed by atoms with van der Waals surface area (Å²) in [6.45, 7) is 8.43. The first kappa shape index (κ1) is 8.06. The zero-order valence-corrected chi connectivity index (χ0v) is 7.06. The van der Waals surface area contributed by atoms with E-state index in [1.165, 1.54) is 19.3 Å². The molecule has 1 rings (SSSR count). The van der Waals surface area contributed by atoms with Gasteiger partial charge in [-0.05, 0) is 32.1 Å². The summed E-state index contributed by atoms with van der Waals surface area (Å²) in [5, 5.41) is 3.55. The van der Waals surface area contributed by atoms with E-state index in [4.69, 9.17) is 0 Å². The Labute approximate surface area is 64.2 Å². The molecule has 1 heterocycles. The van der Waals surface area contributed by atoms with E-state index in [0.29, 0.717) is 5.92 Å². The van der Waals surface area contributed by atoms with Gasteiger partial charge in [0.25, 0.3) is 0 Å². The second-order valence-corrected chi connectivity index (χ2v) is 3.68. The first-order chi connectivity index (χ1) is 4.68. The van der Waals surface area contributed by atoms with E-state index in [1.54, 1.807) is 0 Å². The van der Waals surface area contributed by atoms with Gasteiger partial charge in [0.2, 0.25) is 0 Å². The quantitative estimate of drug-likeness (QED) is 0.618. The van der Waals surface area contributed by atoms with Gasteiger partial charge in [0.15, 0.2) is 0 Å². The van der Waals surface area contributed by atoms with E-state index in [2.05, 4.69) is 26.1 Å². The van der Waals surface area contributed by atoms with Gasteiger partial charge in [-0.15, -0.1) is 0 Å². The summed E-state index contributed by atoms with van der Waals surface area (Å²) in [5.74, 6) is 0.600. The fourth-order valence-corrected chi connectivity index (χ4v) is 1.69. The van der Waals surface area contributed by atoms with Gasteiger partial charge >= 0.3 is 0 Å². The topological polar surface area (TPSA) is 12.0 Å². The van der Waals surface area contributed by atoms with Crippen LogP contribution in [0.25, 0.3) is 0 Å². The van der Waals surface area contributed by atoms with Gasteiger partial charge in [0.05, 0.1) is 0 Å². The van der Waals surface area contributed by atoms with Crippen LogP contribution in [0.3, 0.4) is 0 Å². The van der Waals surface area contributed by atoms with Gasteiger partial charge in [-0.2, -0.15) is 0 Å². The Morgan fingerprint density at radius 1 is 1.60 bits per heavy atom. The van der Waals surface area contributed by atoms with Crippen LogP contribution in [0.15, 0.2) is 0 Å². The zero-order chi connectivity index (χ0) is 7.56. The number of hydrogen-bond donors (Lipinski definition) is 1. The Kier molecular flexibility index (Phi) is 2.72. The number of rotatable bonds is 2. The molecule has 1 saturated heterocycles. The molecule has 3 atom stereocenters. The standard InChI is InChI=1S/C9H18N/c1-7(2)6-9-5-4-8(3)10-9/h7-10H,1,4-6H2,2-3H3. The van der Waals surface area contributed by atoms with Gasteiger partial charge in [0, 0.05) is 12.1 Å². The van der Waals surface area contributed by atoms with Crippen molar-refractivity contribution < 1.29 is 0 Å². The molecule has 0 saturated carbocycles. The Hall–Kier alpha value is -0.0400. The Bertz CT molecular complexity index is 98.9. The van der Waals surface area contributed by atoms with E-state index in [0.717, 1.165) is 12.1 Å². The van der Waals surface area contributed by atoms with E-state index in [-0.39, 0.29) is 0 Å². The fraction of sp³-hybridized carbons (Fsp3) is 0.889. The highest BCUT2D eigenvalue weighted by molar-refractivity contribution is 4.81. The van der Waals surface area contributed by atoms with Gasteiger partial charge in [-0.1, -0.05) is 13.8 Å². The molecule has 0 aromatic heterocycles. The molecular formula is C9H18N. The molecule has 0 aromatic carbocycles. The van der Waals surface area contributed by atoms with Crippen molar-refractivity contribution in [3.63, 3.8) is 0 Å². The maximum Gasteiger partial charge on any atom is 0.00726 e. The van der Waals surface area contributed by atoms with Crippen molar-refractivity contribution in [3.05, 3.63) is 6.92 Å². The van der Waals surface area contributed by atoms with Crippen LogP contribution in [-0.2, 0) is 0 Å². The average Bonchev–Trinajstić information content (AvgIpc) is 2.13. The van der Waals surface area contributed by atoms with Crippen LogP contribution in [0.5, 0.6) is 0 Å². The predicted octanol–water partition coefficient (Wildman–Crippen LogP) is 1.99. The molecule has 1 fully saturated rings. The molecule has 0 aromatic rings. The molecule has 1 nitrogen and oxygen atoms in total. The normalized spacial score (nSPS) is 33.6. The second kappa shape index (κ2) is 3.38. The summed E-state index contributed by atoms with van der Waals surface area (Å²) < 4.78 is 0. The lowest BCUT2D eigenvalue weighted by Crippen LogP contribution is -2.28. The Morgan fingerprint density at radius 2 is 2.30 bits per heavy atom. The molecule has 1 radical (unpaired) electrons. The van der Waals surface area contributed by atoms with E-state index >= 15 is 0 Å². The van der Waals surface area contributed by atoms with Gasteiger partial charge in [0.1, 0.15) is 0 Å². The first-order valence-electron chi connectivity index (χ1n) is 4.27. The molecule has 59 valence electrons. The fourth-order valence-electron chi connectivity index (χ4n) is 1.69. The minimum Gasteiger partial charge on any atom is -0.311 e. The minimum absolute atomic E-state index is 0.600. The Morgan fingerprint density at radius 3 is 2.70 bits per heavy atom. The van der Waals surface area contributed by atoms with Crippen LogP contribution >= 0.6 is 0 Å². The molecule has 3 unspecified atom stereocenters. The van der Waals surface area contributed by atoms with Crippen molar-refractivity contribution in [2.45, 2.75) is 45.2 Å². The molecule has 1 aliphatic heterocycles. The summed E-state index contributed by atoms with van der Waals surface area (Å²) in [6, 6.07) is 1.49. The average molecular weight is 140 g/mol. The highest BCUT2D eigenvalue weighted by atomic mass is 15.0. The lowest BCUT2D eigenvalue weighted by molar-refractivity contribution is 0.473. The van der Waals surface area contributed by atoms with Crippen LogP contribution in [0.2, 0.25) is 0 Å². The third-order valence-electron chi connectivity index (χ3n) is 2.16. The van der Waals surface area contributed by atoms with Crippen molar-refractivity contribution in [1.82, 2.24) is 5.32 Å². The van der Waals surface area contributed by atoms with Crippen molar-refractivity contribution in [2.24, 2.45) is 5.92 Å². The van der Waals surface area contributed by atoms with Crippen molar-refractivity contribution in [2.75, 3.05) is 0 Å². The lowest BCUT2D eigenvalue weighted by atomic mass is 10.0. The smallest absolute Gasteiger partial charge is 0.00726 e. The highest BCUT2D eigenvalue weighted by Crippen LogP contribution is 2.17. The van der Waals surface area contributed by atoms with E-state index in [1.807, 2.05) is 0 Å². The van der Waals surface area contributed by atoms with Crippen LogP contribution in [0.1, 0.15) is 33.1 Å². The monoisotopic (exact) mass is 140 g/mol. The summed E-state index contributed by atoms with van der Waals surface area (Å²) in [6.07, 6.45) is 3.93. The molecule has 10 heavy (non-hydrogen) atoms. The molecule has 0 bridgehead atoms. The SMILES string of the molecule is [CH2]C(C)CC1CCC(C)N1. The second-order valence-electron chi connectivity index (χ2n) is 3.68. The number of hydrogen-bond acceptors (Lipinski definition) is 1. The molecule has 1 heteroatoms. The third kappa shape index (κ3) is 2.30. The Balaban J connectivity index is 2.18. The largest absolute Gasteiger partial charge is 0.311 e. The minimum atomic E-state index is 0.600. The van der Waals surface area contributed by atoms with Crippen LogP contribution < -0.4 is 5.32 Å². The van der Waals surface area contributed by atoms with Crippen molar-refractivity contribution >= 4 is 0 Å². The third-order valence-corrected chi connectivity index (χ3v) is 2.16. The maximum atomic E-state index is 3.99. The van der Waals surface area contributed by atoms with E-state index < -0.39 is 0 Å². The molecule has 0 aliphatic carbocycles. The van der Waals surface area contributed by atoms with Crippen molar-refractivity contribution in [1.29, 1.82) is 0 Å². The molecular weight excluding hydrogens is 122 g/mol. The molecule has 0 spiro atoms. The molecule has 0 amide bonds. The first-order valence-corrected chi connectivity index (χ1v) is 4.27. The summed E-state index contributed by atoms with van der Waals surface area (Å²) in [4.78, 5) is 0. The van der Waals surface area contributed by atoms with Crippen LogP contribution in [0.4, 0.5) is 0 Å². The summed E-state index contributed by atoms with van der Waals surface area (Å²) in [5.41, 5.74) is 0. The van der Waals surface area contributed by atoms with Gasteiger partial charge < -0.3 is 5.32 Å². The molecule has 1 aliphatic rings.